The molecule has 0 unspecified atom stereocenters. The number of hydrogen-bond acceptors (Lipinski definition) is 4. The minimum absolute atomic E-state index is 0.211. The van der Waals surface area contributed by atoms with Gasteiger partial charge in [0.2, 0.25) is 0 Å². The average molecular weight is 442 g/mol. The van der Waals surface area contributed by atoms with Crippen molar-refractivity contribution in [3.8, 4) is 11.3 Å². The minimum atomic E-state index is 0.211. The Hall–Kier alpha value is -2.33. The van der Waals surface area contributed by atoms with Crippen LogP contribution in [-0.2, 0) is 17.6 Å². The number of aromatic nitrogens is 2. The summed E-state index contributed by atoms with van der Waals surface area (Å²) >= 11 is 1.78. The first kappa shape index (κ1) is 20.3. The molecule has 0 N–H and O–H groups in total. The van der Waals surface area contributed by atoms with E-state index in [4.69, 9.17) is 9.97 Å². The van der Waals surface area contributed by atoms with E-state index < -0.39 is 0 Å². The summed E-state index contributed by atoms with van der Waals surface area (Å²) in [5, 5.41) is 0.928. The van der Waals surface area contributed by atoms with Gasteiger partial charge in [0.25, 0.3) is 0 Å². The molecule has 32 heavy (non-hydrogen) atoms. The lowest BCUT2D eigenvalue weighted by molar-refractivity contribution is 0.287. The van der Waals surface area contributed by atoms with Crippen molar-refractivity contribution in [2.75, 3.05) is 18.0 Å². The van der Waals surface area contributed by atoms with Crippen LogP contribution in [0.3, 0.4) is 0 Å². The normalized spacial score (nSPS) is 19.1. The van der Waals surface area contributed by atoms with Crippen LogP contribution in [0.15, 0.2) is 59.8 Å². The number of benzene rings is 2. The molecule has 0 bridgehead atoms. The first-order valence-electron chi connectivity index (χ1n) is 12.2. The quantitative estimate of drug-likeness (QED) is 0.329. The first-order valence-corrected chi connectivity index (χ1v) is 13.2. The molecule has 1 saturated heterocycles. The van der Waals surface area contributed by atoms with E-state index in [0.717, 1.165) is 30.4 Å². The molecule has 0 radical (unpaired) electrons. The van der Waals surface area contributed by atoms with Gasteiger partial charge in [0.15, 0.2) is 5.16 Å². The highest BCUT2D eigenvalue weighted by atomic mass is 32.2. The lowest BCUT2D eigenvalue weighted by atomic mass is 9.62. The van der Waals surface area contributed by atoms with E-state index in [1.807, 2.05) is 0 Å². The Morgan fingerprint density at radius 2 is 1.56 bits per heavy atom. The molecule has 2 aromatic carbocycles. The molecule has 2 aliphatic carbocycles. The summed E-state index contributed by atoms with van der Waals surface area (Å²) in [7, 11) is 0. The maximum Gasteiger partial charge on any atom is 0.190 e. The van der Waals surface area contributed by atoms with Gasteiger partial charge in [-0.2, -0.15) is 0 Å². The van der Waals surface area contributed by atoms with Crippen LogP contribution < -0.4 is 4.90 Å². The van der Waals surface area contributed by atoms with Gasteiger partial charge in [0, 0.05) is 35.4 Å². The van der Waals surface area contributed by atoms with Crippen LogP contribution in [0.4, 0.5) is 5.82 Å². The second kappa shape index (κ2) is 8.55. The van der Waals surface area contributed by atoms with E-state index in [1.54, 1.807) is 11.8 Å². The van der Waals surface area contributed by atoms with E-state index in [9.17, 15) is 0 Å². The predicted octanol–water partition coefficient (Wildman–Crippen LogP) is 6.79. The van der Waals surface area contributed by atoms with E-state index in [-0.39, 0.29) is 5.41 Å². The Morgan fingerprint density at radius 3 is 2.38 bits per heavy atom. The SMILES string of the molecule is c1ccc(CSc2nc3c(c(N4CCCC4)n2)C2(CCCCC2)Cc2ccccc2-3)cc1. The van der Waals surface area contributed by atoms with Gasteiger partial charge in [-0.1, -0.05) is 85.6 Å². The third-order valence-electron chi connectivity index (χ3n) is 7.63. The zero-order valence-corrected chi connectivity index (χ0v) is 19.5. The molecule has 4 heteroatoms. The van der Waals surface area contributed by atoms with Crippen LogP contribution in [0.2, 0.25) is 0 Å². The van der Waals surface area contributed by atoms with Crippen LogP contribution in [-0.4, -0.2) is 23.1 Å². The summed E-state index contributed by atoms with van der Waals surface area (Å²) in [4.78, 5) is 13.1. The largest absolute Gasteiger partial charge is 0.356 e. The molecule has 0 amide bonds. The van der Waals surface area contributed by atoms with Crippen LogP contribution >= 0.6 is 11.8 Å². The van der Waals surface area contributed by atoms with Gasteiger partial charge in [-0.25, -0.2) is 9.97 Å². The minimum Gasteiger partial charge on any atom is -0.356 e. The summed E-state index contributed by atoms with van der Waals surface area (Å²) in [5.74, 6) is 2.16. The third-order valence-corrected chi connectivity index (χ3v) is 8.55. The highest BCUT2D eigenvalue weighted by Crippen LogP contribution is 2.53. The lowest BCUT2D eigenvalue weighted by Gasteiger charge is -2.44. The lowest BCUT2D eigenvalue weighted by Crippen LogP contribution is -2.38. The second-order valence-electron chi connectivity index (χ2n) is 9.70. The molecule has 6 rings (SSSR count). The van der Waals surface area contributed by atoms with Gasteiger partial charge < -0.3 is 4.90 Å². The number of anilines is 1. The highest BCUT2D eigenvalue weighted by molar-refractivity contribution is 7.98. The molecule has 3 aromatic rings. The number of nitrogens with zero attached hydrogens (tertiary/aromatic N) is 3. The van der Waals surface area contributed by atoms with Crippen molar-refractivity contribution < 1.29 is 0 Å². The number of thioether (sulfide) groups is 1. The highest BCUT2D eigenvalue weighted by Gasteiger charge is 2.44. The molecule has 3 aliphatic rings. The second-order valence-corrected chi connectivity index (χ2v) is 10.6. The Morgan fingerprint density at radius 1 is 0.812 bits per heavy atom. The molecule has 3 nitrogen and oxygen atoms in total. The van der Waals surface area contributed by atoms with Gasteiger partial charge in [-0.05, 0) is 43.2 Å². The maximum absolute atomic E-state index is 5.28. The smallest absolute Gasteiger partial charge is 0.190 e. The first-order chi connectivity index (χ1) is 15.8. The summed E-state index contributed by atoms with van der Waals surface area (Å²) < 4.78 is 0. The Kier molecular flexibility index (Phi) is 5.42. The molecule has 2 heterocycles. The van der Waals surface area contributed by atoms with E-state index in [2.05, 4.69) is 59.5 Å². The van der Waals surface area contributed by atoms with Crippen molar-refractivity contribution >= 4 is 17.6 Å². The molecule has 1 aliphatic heterocycles. The van der Waals surface area contributed by atoms with Crippen molar-refractivity contribution in [2.45, 2.75) is 67.7 Å². The molecule has 0 atom stereocenters. The van der Waals surface area contributed by atoms with Gasteiger partial charge in [0.1, 0.15) is 5.82 Å². The summed E-state index contributed by atoms with van der Waals surface area (Å²) in [6.45, 7) is 2.26. The standard InChI is InChI=1S/C28H31N3S/c1-3-11-21(12-4-1)20-32-27-29-25-23-14-6-5-13-22(23)19-28(15-7-2-8-16-28)24(25)26(30-27)31-17-9-10-18-31/h1,3-6,11-14H,2,7-10,15-20H2. The summed E-state index contributed by atoms with van der Waals surface area (Å²) in [5.41, 5.74) is 7.05. The Balaban J connectivity index is 1.50. The molecule has 164 valence electrons. The Labute approximate surface area is 195 Å². The molecular formula is C28H31N3S. The fraction of sp³-hybridized carbons (Fsp3) is 0.429. The van der Waals surface area contributed by atoms with E-state index >= 15 is 0 Å². The molecule has 1 aromatic heterocycles. The van der Waals surface area contributed by atoms with Gasteiger partial charge in [-0.15, -0.1) is 0 Å². The van der Waals surface area contributed by atoms with E-state index in [0.29, 0.717) is 0 Å². The van der Waals surface area contributed by atoms with Gasteiger partial charge >= 0.3 is 0 Å². The molecular weight excluding hydrogens is 410 g/mol. The molecule has 1 saturated carbocycles. The fourth-order valence-corrected chi connectivity index (χ4v) is 6.87. The number of fused-ring (bicyclic) bond motifs is 4. The molecule has 1 spiro atoms. The van der Waals surface area contributed by atoms with Crippen molar-refractivity contribution in [2.24, 2.45) is 0 Å². The maximum atomic E-state index is 5.28. The van der Waals surface area contributed by atoms with Crippen molar-refractivity contribution in [3.63, 3.8) is 0 Å². The predicted molar refractivity (Wildman–Crippen MR) is 133 cm³/mol. The summed E-state index contributed by atoms with van der Waals surface area (Å²) in [6.07, 6.45) is 10.3. The van der Waals surface area contributed by atoms with Gasteiger partial charge in [-0.3, -0.25) is 0 Å². The van der Waals surface area contributed by atoms with E-state index in [1.165, 1.54) is 78.7 Å². The van der Waals surface area contributed by atoms with Gasteiger partial charge in [0.05, 0.1) is 5.69 Å². The van der Waals surface area contributed by atoms with Crippen molar-refractivity contribution in [1.82, 2.24) is 9.97 Å². The third kappa shape index (κ3) is 3.63. The number of hydrogen-bond donors (Lipinski definition) is 0. The zero-order valence-electron chi connectivity index (χ0n) is 18.7. The van der Waals surface area contributed by atoms with Crippen molar-refractivity contribution in [1.29, 1.82) is 0 Å². The monoisotopic (exact) mass is 441 g/mol. The fourth-order valence-electron chi connectivity index (χ4n) is 6.07. The van der Waals surface area contributed by atoms with Crippen molar-refractivity contribution in [3.05, 3.63) is 71.3 Å². The summed E-state index contributed by atoms with van der Waals surface area (Å²) in [6, 6.07) is 19.7. The average Bonchev–Trinajstić information content (AvgIpc) is 3.39. The van der Waals surface area contributed by atoms with Crippen LogP contribution in [0, 0.1) is 0 Å². The van der Waals surface area contributed by atoms with Crippen LogP contribution in [0.1, 0.15) is 61.6 Å². The topological polar surface area (TPSA) is 29.0 Å². The number of rotatable bonds is 4. The zero-order chi connectivity index (χ0) is 21.4. The Bertz CT molecular complexity index is 1100. The molecule has 2 fully saturated rings. The van der Waals surface area contributed by atoms with Crippen LogP contribution in [0.5, 0.6) is 0 Å². The van der Waals surface area contributed by atoms with Crippen LogP contribution in [0.25, 0.3) is 11.3 Å².